The van der Waals surface area contributed by atoms with Gasteiger partial charge in [0.15, 0.2) is 5.58 Å². The molecule has 0 spiro atoms. The van der Waals surface area contributed by atoms with Crippen LogP contribution in [0.25, 0.3) is 11.1 Å². The first-order valence-corrected chi connectivity index (χ1v) is 13.4. The van der Waals surface area contributed by atoms with Crippen LogP contribution in [0.1, 0.15) is 33.1 Å². The number of sulfonamides is 1. The number of hydrogen-bond donors (Lipinski definition) is 1. The predicted octanol–water partition coefficient (Wildman–Crippen LogP) is 1.24. The minimum Gasteiger partial charge on any atom is -0.408 e. The molecular weight excluding hydrogens is 460 g/mol. The van der Waals surface area contributed by atoms with E-state index in [0.717, 1.165) is 25.9 Å². The summed E-state index contributed by atoms with van der Waals surface area (Å²) in [6.07, 6.45) is 1.81. The van der Waals surface area contributed by atoms with E-state index in [1.165, 1.54) is 21.0 Å². The van der Waals surface area contributed by atoms with Gasteiger partial charge in [-0.25, -0.2) is 13.2 Å². The lowest BCUT2D eigenvalue weighted by molar-refractivity contribution is -0.121. The number of ether oxygens (including phenoxy) is 1. The zero-order valence-corrected chi connectivity index (χ0v) is 20.7. The van der Waals surface area contributed by atoms with Gasteiger partial charge in [0.05, 0.1) is 23.6 Å². The number of aryl methyl sites for hydroxylation is 1. The van der Waals surface area contributed by atoms with Gasteiger partial charge < -0.3 is 14.5 Å². The minimum absolute atomic E-state index is 0.114. The van der Waals surface area contributed by atoms with Gasteiger partial charge in [-0.3, -0.25) is 14.3 Å². The van der Waals surface area contributed by atoms with E-state index in [1.54, 1.807) is 6.07 Å². The maximum absolute atomic E-state index is 12.8. The highest BCUT2D eigenvalue weighted by Crippen LogP contribution is 2.24. The van der Waals surface area contributed by atoms with Crippen LogP contribution in [0.3, 0.4) is 0 Å². The highest BCUT2D eigenvalue weighted by molar-refractivity contribution is 7.89. The predicted molar refractivity (Wildman–Crippen MR) is 127 cm³/mol. The zero-order chi connectivity index (χ0) is 24.3. The molecule has 1 N–H and O–H groups in total. The Hall–Kier alpha value is -2.21. The molecule has 4 rings (SSSR count). The largest absolute Gasteiger partial charge is 0.419 e. The van der Waals surface area contributed by atoms with Crippen LogP contribution in [0.5, 0.6) is 0 Å². The summed E-state index contributed by atoms with van der Waals surface area (Å²) in [5.41, 5.74) is 0.685. The van der Waals surface area contributed by atoms with Gasteiger partial charge in [-0.2, -0.15) is 4.31 Å². The average Bonchev–Trinajstić information content (AvgIpc) is 3.46. The van der Waals surface area contributed by atoms with E-state index >= 15 is 0 Å². The topological polar surface area (TPSA) is 114 Å². The third-order valence-corrected chi connectivity index (χ3v) is 8.59. The Morgan fingerprint density at radius 1 is 1.12 bits per heavy atom. The summed E-state index contributed by atoms with van der Waals surface area (Å²) in [4.78, 5) is 27.4. The molecule has 2 saturated heterocycles. The molecular formula is C23H34N4O6S. The fraction of sp³-hybridized carbons (Fsp3) is 0.652. The summed E-state index contributed by atoms with van der Waals surface area (Å²) in [5.74, 6) is -0.370. The summed E-state index contributed by atoms with van der Waals surface area (Å²) in [6, 6.07) is 4.70. The van der Waals surface area contributed by atoms with Gasteiger partial charge in [-0.05, 0) is 30.9 Å². The van der Waals surface area contributed by atoms with E-state index < -0.39 is 15.8 Å². The van der Waals surface area contributed by atoms with Crippen molar-refractivity contribution in [2.45, 2.75) is 50.6 Å². The molecule has 0 unspecified atom stereocenters. The standard InChI is InChI=1S/C23H34N4O6S/c1-17(2)20(25-11-13-32-14-12-25)16-24-22(28)7-10-27-19-6-5-18(15-21(19)33-23(27)29)34(30,31)26-8-3-4-9-26/h5-6,15,17,20H,3-4,7-14,16H2,1-2H3,(H,24,28)/t20-/m1/s1. The Bertz CT molecular complexity index is 1160. The van der Waals surface area contributed by atoms with Crippen LogP contribution in [0.4, 0.5) is 0 Å². The lowest BCUT2D eigenvalue weighted by Gasteiger charge is -2.36. The van der Waals surface area contributed by atoms with Crippen molar-refractivity contribution in [1.82, 2.24) is 19.1 Å². The third-order valence-electron chi connectivity index (χ3n) is 6.70. The van der Waals surface area contributed by atoms with Crippen molar-refractivity contribution in [3.05, 3.63) is 28.7 Å². The SMILES string of the molecule is CC(C)[C@@H](CNC(=O)CCn1c(=O)oc2cc(S(=O)(=O)N3CCCC3)ccc21)N1CCOCC1. The van der Waals surface area contributed by atoms with Crippen LogP contribution in [0.15, 0.2) is 32.3 Å². The summed E-state index contributed by atoms with van der Waals surface area (Å²) in [5, 5.41) is 3.00. The molecule has 10 nitrogen and oxygen atoms in total. The molecule has 11 heteroatoms. The van der Waals surface area contributed by atoms with Crippen molar-refractivity contribution in [3.8, 4) is 0 Å². The lowest BCUT2D eigenvalue weighted by atomic mass is 10.0. The second-order valence-corrected chi connectivity index (χ2v) is 11.2. The van der Waals surface area contributed by atoms with E-state index in [9.17, 15) is 18.0 Å². The second kappa shape index (κ2) is 10.6. The highest BCUT2D eigenvalue weighted by atomic mass is 32.2. The van der Waals surface area contributed by atoms with Crippen LogP contribution in [-0.2, 0) is 26.1 Å². The normalized spacial score (nSPS) is 19.1. The van der Waals surface area contributed by atoms with Crippen LogP contribution >= 0.6 is 0 Å². The number of hydrogen-bond acceptors (Lipinski definition) is 7. The monoisotopic (exact) mass is 494 g/mol. The highest BCUT2D eigenvalue weighted by Gasteiger charge is 2.28. The van der Waals surface area contributed by atoms with E-state index in [1.807, 2.05) is 0 Å². The molecule has 3 heterocycles. The number of morpholine rings is 1. The van der Waals surface area contributed by atoms with Gasteiger partial charge in [-0.15, -0.1) is 0 Å². The van der Waals surface area contributed by atoms with Crippen LogP contribution in [0, 0.1) is 5.92 Å². The summed E-state index contributed by atoms with van der Waals surface area (Å²) < 4.78 is 39.2. The van der Waals surface area contributed by atoms with Crippen LogP contribution in [0.2, 0.25) is 0 Å². The zero-order valence-electron chi connectivity index (χ0n) is 19.9. The smallest absolute Gasteiger partial charge is 0.408 e. The van der Waals surface area contributed by atoms with Crippen molar-refractivity contribution >= 4 is 27.0 Å². The molecule has 1 atom stereocenters. The van der Waals surface area contributed by atoms with Crippen LogP contribution in [-0.4, -0.2) is 80.1 Å². The second-order valence-electron chi connectivity index (χ2n) is 9.27. The Kier molecular flexibility index (Phi) is 7.76. The first-order valence-electron chi connectivity index (χ1n) is 12.0. The molecule has 0 radical (unpaired) electrons. The molecule has 2 aromatic rings. The number of nitrogens with one attached hydrogen (secondary N) is 1. The van der Waals surface area contributed by atoms with Crippen molar-refractivity contribution in [2.75, 3.05) is 45.9 Å². The number of aromatic nitrogens is 1. The molecule has 0 bridgehead atoms. The van der Waals surface area contributed by atoms with Crippen molar-refractivity contribution in [2.24, 2.45) is 5.92 Å². The molecule has 0 aliphatic carbocycles. The minimum atomic E-state index is -3.61. The Labute approximate surface area is 199 Å². The van der Waals surface area contributed by atoms with Gasteiger partial charge >= 0.3 is 5.76 Å². The van der Waals surface area contributed by atoms with E-state index in [0.29, 0.717) is 44.3 Å². The number of fused-ring (bicyclic) bond motifs is 1. The van der Waals surface area contributed by atoms with Gasteiger partial charge in [-0.1, -0.05) is 13.8 Å². The molecule has 1 aromatic carbocycles. The van der Waals surface area contributed by atoms with E-state index in [2.05, 4.69) is 24.1 Å². The number of amides is 1. The first-order chi connectivity index (χ1) is 16.3. The maximum atomic E-state index is 12.8. The summed E-state index contributed by atoms with van der Waals surface area (Å²) in [6.45, 7) is 9.09. The Morgan fingerprint density at radius 3 is 2.50 bits per heavy atom. The Morgan fingerprint density at radius 2 is 1.82 bits per heavy atom. The van der Waals surface area contributed by atoms with Gasteiger partial charge in [0.2, 0.25) is 15.9 Å². The van der Waals surface area contributed by atoms with Gasteiger partial charge in [0.25, 0.3) is 0 Å². The molecule has 0 saturated carbocycles. The number of carbonyl (C=O) groups is 1. The van der Waals surface area contributed by atoms with Crippen LogP contribution < -0.4 is 11.1 Å². The van der Waals surface area contributed by atoms with Gasteiger partial charge in [0.1, 0.15) is 0 Å². The Balaban J connectivity index is 1.39. The molecule has 2 aliphatic heterocycles. The molecule has 2 aliphatic rings. The molecule has 188 valence electrons. The van der Waals surface area contributed by atoms with Crippen molar-refractivity contribution in [3.63, 3.8) is 0 Å². The summed E-state index contributed by atoms with van der Waals surface area (Å²) in [7, 11) is -3.61. The van der Waals surface area contributed by atoms with Gasteiger partial charge in [0, 0.05) is 57.8 Å². The fourth-order valence-corrected chi connectivity index (χ4v) is 6.25. The third kappa shape index (κ3) is 5.37. The number of carbonyl (C=O) groups excluding carboxylic acids is 1. The molecule has 1 amide bonds. The average molecular weight is 495 g/mol. The van der Waals surface area contributed by atoms with E-state index in [4.69, 9.17) is 9.15 Å². The maximum Gasteiger partial charge on any atom is 0.419 e. The molecule has 2 fully saturated rings. The van der Waals surface area contributed by atoms with Crippen molar-refractivity contribution < 1.29 is 22.4 Å². The first kappa shape index (κ1) is 24.9. The quantitative estimate of drug-likeness (QED) is 0.558. The molecule has 34 heavy (non-hydrogen) atoms. The molecule has 1 aromatic heterocycles. The number of benzene rings is 1. The number of nitrogens with zero attached hydrogens (tertiary/aromatic N) is 3. The lowest BCUT2D eigenvalue weighted by Crippen LogP contribution is -2.51. The summed E-state index contributed by atoms with van der Waals surface area (Å²) >= 11 is 0. The number of rotatable bonds is 9. The number of oxazole rings is 1. The van der Waals surface area contributed by atoms with E-state index in [-0.39, 0.29) is 35.4 Å². The van der Waals surface area contributed by atoms with Crippen molar-refractivity contribution in [1.29, 1.82) is 0 Å². The fourth-order valence-electron chi connectivity index (χ4n) is 4.71.